The van der Waals surface area contributed by atoms with Gasteiger partial charge in [0.15, 0.2) is 5.11 Å². The van der Waals surface area contributed by atoms with Crippen LogP contribution in [0.3, 0.4) is 0 Å². The Labute approximate surface area is 143 Å². The minimum absolute atomic E-state index is 0.0342. The van der Waals surface area contributed by atoms with E-state index in [4.69, 9.17) is 23.8 Å². The third-order valence-corrected chi connectivity index (χ3v) is 3.73. The number of rotatable bonds is 4. The zero-order valence-corrected chi connectivity index (χ0v) is 14.1. The summed E-state index contributed by atoms with van der Waals surface area (Å²) >= 11 is 11.3. The maximum Gasteiger partial charge on any atom is 0.387 e. The van der Waals surface area contributed by atoms with Crippen molar-refractivity contribution in [3.05, 3.63) is 52.5 Å². The standard InChI is InChI=1S/C16H15ClF2N2OS/c1-9-6-7-13(14(8-9)22-15(18)19)21-16(23)20-12-5-3-4-11(17)10(12)2/h3-8,15H,1-2H3,(H2,20,21,23). The first-order chi connectivity index (χ1) is 10.9. The molecule has 2 aromatic rings. The summed E-state index contributed by atoms with van der Waals surface area (Å²) in [6.45, 7) is 0.729. The van der Waals surface area contributed by atoms with Crippen LogP contribution in [0.25, 0.3) is 0 Å². The fraction of sp³-hybridized carbons (Fsp3) is 0.188. The zero-order valence-electron chi connectivity index (χ0n) is 12.5. The lowest BCUT2D eigenvalue weighted by Gasteiger charge is -2.16. The number of anilines is 2. The van der Waals surface area contributed by atoms with E-state index in [2.05, 4.69) is 15.4 Å². The molecule has 0 spiro atoms. The topological polar surface area (TPSA) is 33.3 Å². The zero-order chi connectivity index (χ0) is 17.0. The van der Waals surface area contributed by atoms with E-state index < -0.39 is 6.61 Å². The summed E-state index contributed by atoms with van der Waals surface area (Å²) in [5.74, 6) is 0.0342. The van der Waals surface area contributed by atoms with Crippen LogP contribution in [0.4, 0.5) is 20.2 Å². The number of ether oxygens (including phenoxy) is 1. The van der Waals surface area contributed by atoms with Crippen LogP contribution < -0.4 is 15.4 Å². The highest BCUT2D eigenvalue weighted by atomic mass is 35.5. The predicted octanol–water partition coefficient (Wildman–Crippen LogP) is 5.37. The molecular weight excluding hydrogens is 342 g/mol. The number of aryl methyl sites for hydroxylation is 1. The van der Waals surface area contributed by atoms with E-state index in [1.54, 1.807) is 31.2 Å². The number of hydrogen-bond donors (Lipinski definition) is 2. The summed E-state index contributed by atoms with van der Waals surface area (Å²) in [5, 5.41) is 6.70. The van der Waals surface area contributed by atoms with E-state index in [1.807, 2.05) is 13.0 Å². The molecule has 0 fully saturated rings. The van der Waals surface area contributed by atoms with Crippen LogP contribution >= 0.6 is 23.8 Å². The average molecular weight is 357 g/mol. The second-order valence-corrected chi connectivity index (χ2v) is 5.69. The number of thiocarbonyl (C=S) groups is 1. The van der Waals surface area contributed by atoms with Gasteiger partial charge in [0, 0.05) is 10.7 Å². The maximum atomic E-state index is 12.5. The van der Waals surface area contributed by atoms with Crippen molar-refractivity contribution in [3.8, 4) is 5.75 Å². The van der Waals surface area contributed by atoms with Gasteiger partial charge in [0.1, 0.15) is 5.75 Å². The monoisotopic (exact) mass is 356 g/mol. The highest BCUT2D eigenvalue weighted by molar-refractivity contribution is 7.80. The Morgan fingerprint density at radius 3 is 2.52 bits per heavy atom. The summed E-state index contributed by atoms with van der Waals surface area (Å²) in [5.41, 5.74) is 2.73. The Morgan fingerprint density at radius 2 is 1.83 bits per heavy atom. The van der Waals surface area contributed by atoms with Gasteiger partial charge >= 0.3 is 6.61 Å². The van der Waals surface area contributed by atoms with Crippen LogP contribution in [0, 0.1) is 13.8 Å². The summed E-state index contributed by atoms with van der Waals surface area (Å²) in [6, 6.07) is 10.3. The van der Waals surface area contributed by atoms with E-state index >= 15 is 0 Å². The Hall–Kier alpha value is -1.92. The first-order valence-electron chi connectivity index (χ1n) is 6.75. The Bertz CT molecular complexity index is 725. The van der Waals surface area contributed by atoms with Crippen LogP contribution in [0.15, 0.2) is 36.4 Å². The lowest BCUT2D eigenvalue weighted by atomic mass is 10.2. The minimum Gasteiger partial charge on any atom is -0.433 e. The quantitative estimate of drug-likeness (QED) is 0.722. The number of hydrogen-bond acceptors (Lipinski definition) is 2. The van der Waals surface area contributed by atoms with Crippen molar-refractivity contribution in [2.24, 2.45) is 0 Å². The molecule has 0 aliphatic heterocycles. The molecule has 7 heteroatoms. The average Bonchev–Trinajstić information content (AvgIpc) is 2.46. The normalized spacial score (nSPS) is 10.5. The molecule has 0 unspecified atom stereocenters. The lowest BCUT2D eigenvalue weighted by Crippen LogP contribution is -2.20. The Morgan fingerprint density at radius 1 is 1.13 bits per heavy atom. The van der Waals surface area contributed by atoms with Crippen molar-refractivity contribution in [1.82, 2.24) is 0 Å². The summed E-state index contributed by atoms with van der Waals surface area (Å²) in [6.07, 6.45) is 0. The van der Waals surface area contributed by atoms with Crippen LogP contribution in [-0.2, 0) is 0 Å². The molecule has 0 aliphatic rings. The van der Waals surface area contributed by atoms with Gasteiger partial charge in [0.05, 0.1) is 5.69 Å². The van der Waals surface area contributed by atoms with Gasteiger partial charge in [0.25, 0.3) is 0 Å². The van der Waals surface area contributed by atoms with Crippen LogP contribution in [0.5, 0.6) is 5.75 Å². The van der Waals surface area contributed by atoms with Crippen molar-refractivity contribution in [1.29, 1.82) is 0 Å². The smallest absolute Gasteiger partial charge is 0.387 e. The largest absolute Gasteiger partial charge is 0.433 e. The molecule has 0 heterocycles. The molecule has 2 aromatic carbocycles. The minimum atomic E-state index is -2.91. The van der Waals surface area contributed by atoms with Gasteiger partial charge in [-0.25, -0.2) is 0 Å². The molecule has 3 nitrogen and oxygen atoms in total. The molecule has 0 saturated heterocycles. The van der Waals surface area contributed by atoms with Gasteiger partial charge in [-0.1, -0.05) is 23.7 Å². The third kappa shape index (κ3) is 4.77. The predicted molar refractivity (Wildman–Crippen MR) is 93.8 cm³/mol. The second-order valence-electron chi connectivity index (χ2n) is 4.87. The van der Waals surface area contributed by atoms with Crippen LogP contribution in [0.1, 0.15) is 11.1 Å². The molecule has 122 valence electrons. The second kappa shape index (κ2) is 7.57. The Balaban J connectivity index is 2.15. The fourth-order valence-electron chi connectivity index (χ4n) is 1.95. The molecule has 23 heavy (non-hydrogen) atoms. The van der Waals surface area contributed by atoms with Crippen LogP contribution in [-0.4, -0.2) is 11.7 Å². The molecule has 2 N–H and O–H groups in total. The SMILES string of the molecule is Cc1ccc(NC(=S)Nc2cccc(Cl)c2C)c(OC(F)F)c1. The van der Waals surface area contributed by atoms with Crippen LogP contribution in [0.2, 0.25) is 5.02 Å². The number of nitrogens with one attached hydrogen (secondary N) is 2. The van der Waals surface area contributed by atoms with Crippen molar-refractivity contribution >= 4 is 40.3 Å². The number of benzene rings is 2. The van der Waals surface area contributed by atoms with E-state index in [-0.39, 0.29) is 10.9 Å². The molecular formula is C16H15ClF2N2OS. The molecule has 0 amide bonds. The molecule has 0 atom stereocenters. The molecule has 0 saturated carbocycles. The van der Waals surface area contributed by atoms with Gasteiger partial charge in [-0.05, 0) is 61.5 Å². The maximum absolute atomic E-state index is 12.5. The van der Waals surface area contributed by atoms with Crippen molar-refractivity contribution < 1.29 is 13.5 Å². The first-order valence-corrected chi connectivity index (χ1v) is 7.54. The molecule has 0 aromatic heterocycles. The molecule has 0 radical (unpaired) electrons. The fourth-order valence-corrected chi connectivity index (χ4v) is 2.34. The summed E-state index contributed by atoms with van der Waals surface area (Å²) in [4.78, 5) is 0. The third-order valence-electron chi connectivity index (χ3n) is 3.12. The lowest BCUT2D eigenvalue weighted by molar-refractivity contribution is -0.0493. The number of halogens is 3. The molecule has 2 rings (SSSR count). The summed E-state index contributed by atoms with van der Waals surface area (Å²) in [7, 11) is 0. The molecule has 0 bridgehead atoms. The highest BCUT2D eigenvalue weighted by Crippen LogP contribution is 2.28. The van der Waals surface area contributed by atoms with Gasteiger partial charge in [-0.2, -0.15) is 8.78 Å². The Kier molecular flexibility index (Phi) is 5.74. The van der Waals surface area contributed by atoms with Gasteiger partial charge in [-0.15, -0.1) is 0 Å². The van der Waals surface area contributed by atoms with Crippen molar-refractivity contribution in [3.63, 3.8) is 0 Å². The van der Waals surface area contributed by atoms with E-state index in [0.717, 1.165) is 16.8 Å². The number of alkyl halides is 2. The molecule has 0 aliphatic carbocycles. The van der Waals surface area contributed by atoms with Gasteiger partial charge in [0.2, 0.25) is 0 Å². The van der Waals surface area contributed by atoms with Crippen molar-refractivity contribution in [2.75, 3.05) is 10.6 Å². The first kappa shape index (κ1) is 17.4. The van der Waals surface area contributed by atoms with Gasteiger partial charge in [-0.3, -0.25) is 0 Å². The van der Waals surface area contributed by atoms with Gasteiger partial charge < -0.3 is 15.4 Å². The highest BCUT2D eigenvalue weighted by Gasteiger charge is 2.12. The summed E-state index contributed by atoms with van der Waals surface area (Å²) < 4.78 is 29.5. The van der Waals surface area contributed by atoms with E-state index in [0.29, 0.717) is 10.7 Å². The van der Waals surface area contributed by atoms with E-state index in [1.165, 1.54) is 6.07 Å². The van der Waals surface area contributed by atoms with Crippen molar-refractivity contribution in [2.45, 2.75) is 20.5 Å². The van der Waals surface area contributed by atoms with E-state index in [9.17, 15) is 8.78 Å².